The molecule has 2 rings (SSSR count). The van der Waals surface area contributed by atoms with E-state index in [2.05, 4.69) is 5.32 Å². The van der Waals surface area contributed by atoms with Crippen molar-refractivity contribution in [1.82, 2.24) is 4.90 Å². The Morgan fingerprint density at radius 1 is 1.38 bits per heavy atom. The van der Waals surface area contributed by atoms with Crippen LogP contribution in [-0.4, -0.2) is 49.5 Å². The van der Waals surface area contributed by atoms with Gasteiger partial charge in [0.05, 0.1) is 12.8 Å². The van der Waals surface area contributed by atoms with Gasteiger partial charge in [0.1, 0.15) is 25.5 Å². The highest BCUT2D eigenvalue weighted by Gasteiger charge is 2.28. The van der Waals surface area contributed by atoms with Crippen molar-refractivity contribution in [1.29, 1.82) is 0 Å². The van der Waals surface area contributed by atoms with Crippen LogP contribution in [0.5, 0.6) is 5.75 Å². The monoisotopic (exact) mass is 293 g/mol. The Labute approximate surface area is 120 Å². The van der Waals surface area contributed by atoms with Crippen molar-refractivity contribution in [2.75, 3.05) is 37.9 Å². The van der Waals surface area contributed by atoms with Crippen molar-refractivity contribution in [2.45, 2.75) is 0 Å². The molecule has 8 nitrogen and oxygen atoms in total. The first-order valence-corrected chi connectivity index (χ1v) is 6.15. The quantitative estimate of drug-likeness (QED) is 0.577. The zero-order valence-electron chi connectivity index (χ0n) is 11.4. The van der Waals surface area contributed by atoms with Gasteiger partial charge >= 0.3 is 0 Å². The van der Waals surface area contributed by atoms with Gasteiger partial charge in [-0.05, 0) is 12.1 Å². The first-order valence-electron chi connectivity index (χ1n) is 6.15. The number of hydrogen-bond acceptors (Lipinski definition) is 6. The number of imide groups is 1. The van der Waals surface area contributed by atoms with Crippen LogP contribution in [0, 0.1) is 0 Å². The molecular formula is C13H15N3O5. The zero-order valence-corrected chi connectivity index (χ0v) is 11.4. The van der Waals surface area contributed by atoms with Crippen molar-refractivity contribution in [3.05, 3.63) is 18.2 Å². The summed E-state index contributed by atoms with van der Waals surface area (Å²) in [5.41, 5.74) is 6.51. The molecule has 0 atom stereocenters. The summed E-state index contributed by atoms with van der Waals surface area (Å²) in [6.07, 6.45) is 0. The molecule has 1 aliphatic heterocycles. The minimum atomic E-state index is -0.536. The average molecular weight is 293 g/mol. The SMILES string of the molecule is COc1cc(N)ccc1NC(=O)CN1C(=O)COCC1=O. The maximum absolute atomic E-state index is 11.9. The normalized spacial score (nSPS) is 15.0. The number of nitrogens with zero attached hydrogens (tertiary/aromatic N) is 1. The molecule has 3 N–H and O–H groups in total. The van der Waals surface area contributed by atoms with E-state index in [-0.39, 0.29) is 19.8 Å². The molecule has 8 heteroatoms. The Morgan fingerprint density at radius 2 is 2.05 bits per heavy atom. The Hall–Kier alpha value is -2.61. The third-order valence-electron chi connectivity index (χ3n) is 2.85. The fraction of sp³-hybridized carbons (Fsp3) is 0.308. The van der Waals surface area contributed by atoms with Gasteiger partial charge in [-0.15, -0.1) is 0 Å². The minimum absolute atomic E-state index is 0.204. The topological polar surface area (TPSA) is 111 Å². The minimum Gasteiger partial charge on any atom is -0.494 e. The number of nitrogens with two attached hydrogens (primary N) is 1. The molecule has 3 amide bonds. The predicted molar refractivity (Wildman–Crippen MR) is 73.6 cm³/mol. The number of nitrogens with one attached hydrogen (secondary N) is 1. The second kappa shape index (κ2) is 6.23. The van der Waals surface area contributed by atoms with Crippen molar-refractivity contribution < 1.29 is 23.9 Å². The second-order valence-corrected chi connectivity index (χ2v) is 4.37. The van der Waals surface area contributed by atoms with Gasteiger partial charge in [-0.2, -0.15) is 0 Å². The number of carbonyl (C=O) groups is 3. The molecule has 1 aromatic rings. The molecule has 21 heavy (non-hydrogen) atoms. The van der Waals surface area contributed by atoms with Crippen LogP contribution >= 0.6 is 0 Å². The summed E-state index contributed by atoms with van der Waals surface area (Å²) in [5, 5.41) is 2.57. The lowest BCUT2D eigenvalue weighted by Gasteiger charge is -2.24. The van der Waals surface area contributed by atoms with Crippen molar-refractivity contribution in [3.8, 4) is 5.75 Å². The highest BCUT2D eigenvalue weighted by atomic mass is 16.5. The number of nitrogen functional groups attached to an aromatic ring is 1. The fourth-order valence-electron chi connectivity index (χ4n) is 1.84. The van der Waals surface area contributed by atoms with Gasteiger partial charge in [0.15, 0.2) is 0 Å². The maximum Gasteiger partial charge on any atom is 0.255 e. The van der Waals surface area contributed by atoms with Gasteiger partial charge in [0, 0.05) is 11.8 Å². The molecule has 1 saturated heterocycles. The van der Waals surface area contributed by atoms with Gasteiger partial charge in [-0.25, -0.2) is 0 Å². The average Bonchev–Trinajstić information content (AvgIpc) is 2.45. The highest BCUT2D eigenvalue weighted by Crippen LogP contribution is 2.26. The third-order valence-corrected chi connectivity index (χ3v) is 2.85. The van der Waals surface area contributed by atoms with Gasteiger partial charge in [-0.3, -0.25) is 19.3 Å². The molecule has 0 aromatic heterocycles. The lowest BCUT2D eigenvalue weighted by molar-refractivity contribution is -0.159. The van der Waals surface area contributed by atoms with E-state index in [1.807, 2.05) is 0 Å². The number of morpholine rings is 1. The van der Waals surface area contributed by atoms with Crippen molar-refractivity contribution in [2.24, 2.45) is 0 Å². The lowest BCUT2D eigenvalue weighted by Crippen LogP contribution is -2.49. The molecule has 0 radical (unpaired) electrons. The largest absolute Gasteiger partial charge is 0.494 e. The lowest BCUT2D eigenvalue weighted by atomic mass is 10.2. The van der Waals surface area contributed by atoms with Crippen LogP contribution in [0.15, 0.2) is 18.2 Å². The highest BCUT2D eigenvalue weighted by molar-refractivity contribution is 6.04. The maximum atomic E-state index is 11.9. The first-order chi connectivity index (χ1) is 10.0. The second-order valence-electron chi connectivity index (χ2n) is 4.37. The van der Waals surface area contributed by atoms with E-state index in [1.54, 1.807) is 18.2 Å². The van der Waals surface area contributed by atoms with E-state index in [4.69, 9.17) is 15.2 Å². The summed E-state index contributed by atoms with van der Waals surface area (Å²) >= 11 is 0. The van der Waals surface area contributed by atoms with Gasteiger partial charge in [-0.1, -0.05) is 0 Å². The molecule has 1 aromatic carbocycles. The first kappa shape index (κ1) is 14.8. The van der Waals surface area contributed by atoms with Crippen LogP contribution in [-0.2, 0) is 19.1 Å². The summed E-state index contributed by atoms with van der Waals surface area (Å²) in [5.74, 6) is -1.19. The Morgan fingerprint density at radius 3 is 2.67 bits per heavy atom. The standard InChI is InChI=1S/C13H15N3O5/c1-20-10-4-8(14)2-3-9(10)15-11(17)5-16-12(18)6-21-7-13(16)19/h2-4H,5-7,14H2,1H3,(H,15,17). The number of methoxy groups -OCH3 is 1. The van der Waals surface area contributed by atoms with Crippen LogP contribution in [0.2, 0.25) is 0 Å². The molecule has 1 aliphatic rings. The molecule has 0 unspecified atom stereocenters. The smallest absolute Gasteiger partial charge is 0.255 e. The summed E-state index contributed by atoms with van der Waals surface area (Å²) in [4.78, 5) is 35.8. The van der Waals surface area contributed by atoms with Crippen LogP contribution in [0.4, 0.5) is 11.4 Å². The number of anilines is 2. The molecule has 1 fully saturated rings. The Kier molecular flexibility index (Phi) is 4.39. The molecule has 0 aliphatic carbocycles. The molecule has 0 bridgehead atoms. The molecule has 0 spiro atoms. The van der Waals surface area contributed by atoms with E-state index >= 15 is 0 Å². The fourth-order valence-corrected chi connectivity index (χ4v) is 1.84. The van der Waals surface area contributed by atoms with Crippen LogP contribution in [0.1, 0.15) is 0 Å². The van der Waals surface area contributed by atoms with Crippen LogP contribution in [0.25, 0.3) is 0 Å². The van der Waals surface area contributed by atoms with Gasteiger partial charge < -0.3 is 20.5 Å². The Bertz CT molecular complexity index is 571. The van der Waals surface area contributed by atoms with Gasteiger partial charge in [0.25, 0.3) is 11.8 Å². The number of carbonyl (C=O) groups excluding carboxylic acids is 3. The van der Waals surface area contributed by atoms with E-state index < -0.39 is 17.7 Å². The summed E-state index contributed by atoms with van der Waals surface area (Å²) in [7, 11) is 1.44. The molecule has 1 heterocycles. The van der Waals surface area contributed by atoms with Crippen molar-refractivity contribution >= 4 is 29.1 Å². The summed E-state index contributed by atoms with van der Waals surface area (Å²) in [6.45, 7) is -0.775. The molecule has 0 saturated carbocycles. The van der Waals surface area contributed by atoms with Crippen LogP contribution in [0.3, 0.4) is 0 Å². The van der Waals surface area contributed by atoms with Crippen molar-refractivity contribution in [3.63, 3.8) is 0 Å². The molecular weight excluding hydrogens is 278 g/mol. The summed E-state index contributed by atoms with van der Waals surface area (Å²) < 4.78 is 9.86. The van der Waals surface area contributed by atoms with E-state index in [0.29, 0.717) is 17.1 Å². The van der Waals surface area contributed by atoms with Gasteiger partial charge in [0.2, 0.25) is 5.91 Å². The number of ether oxygens (including phenoxy) is 2. The summed E-state index contributed by atoms with van der Waals surface area (Å²) in [6, 6.07) is 4.73. The van der Waals surface area contributed by atoms with Crippen LogP contribution < -0.4 is 15.8 Å². The predicted octanol–water partition coefficient (Wildman–Crippen LogP) is -0.399. The number of hydrogen-bond donors (Lipinski definition) is 2. The van der Waals surface area contributed by atoms with E-state index in [1.165, 1.54) is 7.11 Å². The third kappa shape index (κ3) is 3.48. The number of amides is 3. The van der Waals surface area contributed by atoms with E-state index in [0.717, 1.165) is 4.90 Å². The zero-order chi connectivity index (χ0) is 15.4. The number of benzene rings is 1. The van der Waals surface area contributed by atoms with E-state index in [9.17, 15) is 14.4 Å². The Balaban J connectivity index is 2.05. The number of rotatable bonds is 4. The molecule has 112 valence electrons.